The minimum absolute atomic E-state index is 0.0139. The average Bonchev–Trinajstić information content (AvgIpc) is 3.19. The van der Waals surface area contributed by atoms with Crippen LogP contribution in [0.2, 0.25) is 0 Å². The Labute approximate surface area is 149 Å². The van der Waals surface area contributed by atoms with E-state index in [1.165, 1.54) is 24.8 Å². The summed E-state index contributed by atoms with van der Waals surface area (Å²) in [5, 5.41) is 3.04. The van der Waals surface area contributed by atoms with Crippen molar-refractivity contribution in [2.24, 2.45) is 17.8 Å². The highest BCUT2D eigenvalue weighted by molar-refractivity contribution is 5.94. The Morgan fingerprint density at radius 3 is 2.68 bits per heavy atom. The predicted molar refractivity (Wildman–Crippen MR) is 103 cm³/mol. The van der Waals surface area contributed by atoms with Crippen LogP contribution in [-0.4, -0.2) is 24.0 Å². The van der Waals surface area contributed by atoms with Gasteiger partial charge >= 0.3 is 6.03 Å². The minimum Gasteiger partial charge on any atom is -0.397 e. The van der Waals surface area contributed by atoms with Gasteiger partial charge in [0.05, 0.1) is 11.4 Å². The first-order chi connectivity index (χ1) is 12.1. The van der Waals surface area contributed by atoms with Gasteiger partial charge in [-0.2, -0.15) is 0 Å². The van der Waals surface area contributed by atoms with Crippen LogP contribution < -0.4 is 11.1 Å². The number of fused-ring (bicyclic) bond motifs is 1. The second-order valence-electron chi connectivity index (χ2n) is 7.82. The number of nitrogen functional groups attached to an aromatic ring is 1. The summed E-state index contributed by atoms with van der Waals surface area (Å²) < 4.78 is 0. The maximum Gasteiger partial charge on any atom is 0.321 e. The van der Waals surface area contributed by atoms with Crippen LogP contribution in [0.25, 0.3) is 5.57 Å². The number of carbonyl (C=O) groups is 1. The third-order valence-corrected chi connectivity index (χ3v) is 5.96. The van der Waals surface area contributed by atoms with Crippen LogP contribution in [-0.2, 0) is 0 Å². The number of rotatable bonds is 2. The lowest BCUT2D eigenvalue weighted by Gasteiger charge is -2.20. The highest BCUT2D eigenvalue weighted by Gasteiger charge is 2.38. The molecule has 3 aliphatic rings. The van der Waals surface area contributed by atoms with E-state index in [2.05, 4.69) is 30.5 Å². The van der Waals surface area contributed by atoms with Crippen molar-refractivity contribution in [2.75, 3.05) is 24.1 Å². The summed E-state index contributed by atoms with van der Waals surface area (Å²) in [6.45, 7) is 3.99. The molecule has 2 fully saturated rings. The molecule has 4 nitrogen and oxygen atoms in total. The molecule has 3 N–H and O–H groups in total. The highest BCUT2D eigenvalue weighted by Crippen LogP contribution is 2.38. The smallest absolute Gasteiger partial charge is 0.321 e. The predicted octanol–water partition coefficient (Wildman–Crippen LogP) is 4.51. The zero-order valence-electron chi connectivity index (χ0n) is 14.9. The number of likely N-dealkylation sites (tertiary alicyclic amines) is 1. The lowest BCUT2D eigenvalue weighted by Crippen LogP contribution is -2.33. The van der Waals surface area contributed by atoms with Crippen molar-refractivity contribution >= 4 is 23.0 Å². The molecule has 4 rings (SSSR count). The molecule has 3 unspecified atom stereocenters. The average molecular weight is 337 g/mol. The van der Waals surface area contributed by atoms with E-state index in [0.29, 0.717) is 29.1 Å². The second-order valence-corrected chi connectivity index (χ2v) is 7.82. The summed E-state index contributed by atoms with van der Waals surface area (Å²) >= 11 is 0. The number of anilines is 2. The molecule has 1 saturated carbocycles. The largest absolute Gasteiger partial charge is 0.397 e. The zero-order valence-corrected chi connectivity index (χ0v) is 14.9. The van der Waals surface area contributed by atoms with Gasteiger partial charge in [0.25, 0.3) is 0 Å². The van der Waals surface area contributed by atoms with Crippen molar-refractivity contribution in [3.8, 4) is 0 Å². The second kappa shape index (κ2) is 6.58. The fraction of sp³-hybridized carbons (Fsp3) is 0.476. The van der Waals surface area contributed by atoms with Crippen molar-refractivity contribution < 1.29 is 4.79 Å². The number of amides is 2. The molecule has 2 aliphatic carbocycles. The Morgan fingerprint density at radius 1 is 1.24 bits per heavy atom. The van der Waals surface area contributed by atoms with E-state index in [-0.39, 0.29) is 6.03 Å². The topological polar surface area (TPSA) is 58.4 Å². The van der Waals surface area contributed by atoms with Gasteiger partial charge in [-0.15, -0.1) is 0 Å². The molecular formula is C21H27N3O. The van der Waals surface area contributed by atoms with Gasteiger partial charge in [-0.3, -0.25) is 0 Å². The molecule has 0 bridgehead atoms. The van der Waals surface area contributed by atoms with E-state index in [4.69, 9.17) is 5.73 Å². The van der Waals surface area contributed by atoms with Gasteiger partial charge in [0.15, 0.2) is 0 Å². The van der Waals surface area contributed by atoms with Gasteiger partial charge in [-0.05, 0) is 60.3 Å². The Kier molecular flexibility index (Phi) is 4.28. The van der Waals surface area contributed by atoms with Crippen LogP contribution in [0.1, 0.15) is 38.2 Å². The van der Waals surface area contributed by atoms with E-state index in [0.717, 1.165) is 25.1 Å². The molecule has 25 heavy (non-hydrogen) atoms. The fourth-order valence-electron chi connectivity index (χ4n) is 4.38. The van der Waals surface area contributed by atoms with Crippen LogP contribution in [0, 0.1) is 17.8 Å². The molecule has 0 spiro atoms. The van der Waals surface area contributed by atoms with E-state index < -0.39 is 0 Å². The van der Waals surface area contributed by atoms with Crippen molar-refractivity contribution in [3.05, 3.63) is 42.0 Å². The molecule has 0 aromatic heterocycles. The molecule has 1 aromatic carbocycles. The Balaban J connectivity index is 1.48. The summed E-state index contributed by atoms with van der Waals surface area (Å²) in [6, 6.07) is 5.89. The summed E-state index contributed by atoms with van der Waals surface area (Å²) in [6.07, 6.45) is 11.6. The first-order valence-corrected chi connectivity index (χ1v) is 9.44. The minimum atomic E-state index is -0.0139. The lowest BCUT2D eigenvalue weighted by atomic mass is 9.94. The van der Waals surface area contributed by atoms with Crippen molar-refractivity contribution in [3.63, 3.8) is 0 Å². The van der Waals surface area contributed by atoms with Crippen molar-refractivity contribution in [1.29, 1.82) is 0 Å². The molecule has 1 aromatic rings. The van der Waals surface area contributed by atoms with Gasteiger partial charge in [0.2, 0.25) is 0 Å². The summed E-state index contributed by atoms with van der Waals surface area (Å²) in [5.41, 5.74) is 9.74. The first-order valence-electron chi connectivity index (χ1n) is 9.44. The van der Waals surface area contributed by atoms with E-state index in [1.807, 2.05) is 23.1 Å². The lowest BCUT2D eigenvalue weighted by molar-refractivity contribution is 0.219. The number of allylic oxidation sites excluding steroid dienone is 4. The number of hydrogen-bond donors (Lipinski definition) is 2. The Hall–Kier alpha value is -2.23. The summed E-state index contributed by atoms with van der Waals surface area (Å²) in [5.74, 6) is 1.99. The molecule has 1 saturated heterocycles. The maximum atomic E-state index is 12.7. The molecule has 1 aliphatic heterocycles. The Morgan fingerprint density at radius 2 is 2.00 bits per heavy atom. The number of nitrogens with one attached hydrogen (secondary N) is 1. The number of carbonyl (C=O) groups excluding carboxylic acids is 1. The van der Waals surface area contributed by atoms with Crippen LogP contribution in [0.3, 0.4) is 0 Å². The van der Waals surface area contributed by atoms with Crippen LogP contribution in [0.4, 0.5) is 16.2 Å². The van der Waals surface area contributed by atoms with E-state index in [9.17, 15) is 4.79 Å². The van der Waals surface area contributed by atoms with Gasteiger partial charge in [-0.1, -0.05) is 37.6 Å². The Bertz CT molecular complexity index is 725. The molecule has 132 valence electrons. The van der Waals surface area contributed by atoms with Gasteiger partial charge in [-0.25, -0.2) is 4.79 Å². The maximum absolute atomic E-state index is 12.7. The number of nitrogens with zero attached hydrogens (tertiary/aromatic N) is 1. The van der Waals surface area contributed by atoms with Crippen LogP contribution >= 0.6 is 0 Å². The SMILES string of the molecule is CC1C=CC(c2ccc(N)c(NC(=O)N3CC4CCCC4C3)c2)=CC1. The van der Waals surface area contributed by atoms with Crippen molar-refractivity contribution in [1.82, 2.24) is 4.90 Å². The summed E-state index contributed by atoms with van der Waals surface area (Å²) in [7, 11) is 0. The fourth-order valence-corrected chi connectivity index (χ4v) is 4.38. The van der Waals surface area contributed by atoms with E-state index >= 15 is 0 Å². The summed E-state index contributed by atoms with van der Waals surface area (Å²) in [4.78, 5) is 14.6. The number of hydrogen-bond acceptors (Lipinski definition) is 2. The normalized spacial score (nSPS) is 28.0. The van der Waals surface area contributed by atoms with Gasteiger partial charge in [0, 0.05) is 13.1 Å². The molecule has 1 heterocycles. The quantitative estimate of drug-likeness (QED) is 0.780. The molecule has 4 heteroatoms. The van der Waals surface area contributed by atoms with Gasteiger partial charge < -0.3 is 16.0 Å². The molecular weight excluding hydrogens is 310 g/mol. The molecule has 0 radical (unpaired) electrons. The monoisotopic (exact) mass is 337 g/mol. The van der Waals surface area contributed by atoms with Crippen LogP contribution in [0.5, 0.6) is 0 Å². The third kappa shape index (κ3) is 3.30. The first kappa shape index (κ1) is 16.2. The number of benzene rings is 1. The third-order valence-electron chi connectivity index (χ3n) is 5.96. The molecule has 2 amide bonds. The standard InChI is InChI=1S/C21H27N3O/c1-14-5-7-15(8-6-14)16-9-10-19(22)20(11-16)23-21(25)24-12-17-3-2-4-18(17)13-24/h5,7-11,14,17-18H,2-4,6,12-13,22H2,1H3,(H,23,25). The van der Waals surface area contributed by atoms with Crippen LogP contribution in [0.15, 0.2) is 36.4 Å². The number of urea groups is 1. The zero-order chi connectivity index (χ0) is 17.4. The van der Waals surface area contributed by atoms with Crippen molar-refractivity contribution in [2.45, 2.75) is 32.6 Å². The van der Waals surface area contributed by atoms with Gasteiger partial charge in [0.1, 0.15) is 0 Å². The number of nitrogens with two attached hydrogens (primary N) is 1. The molecule has 3 atom stereocenters. The highest BCUT2D eigenvalue weighted by atomic mass is 16.2. The van der Waals surface area contributed by atoms with E-state index in [1.54, 1.807) is 0 Å².